The van der Waals surface area contributed by atoms with Gasteiger partial charge in [-0.3, -0.25) is 4.79 Å². The molecular formula is C10H14O3. The van der Waals surface area contributed by atoms with Crippen molar-refractivity contribution in [2.75, 3.05) is 0 Å². The third-order valence-corrected chi connectivity index (χ3v) is 2.34. The van der Waals surface area contributed by atoms with Gasteiger partial charge < -0.3 is 9.52 Å². The molecule has 0 fully saturated rings. The van der Waals surface area contributed by atoms with Gasteiger partial charge >= 0.3 is 5.97 Å². The van der Waals surface area contributed by atoms with Crippen LogP contribution in [0.3, 0.4) is 0 Å². The number of hydrogen-bond acceptors (Lipinski definition) is 2. The molecule has 0 aliphatic rings. The molecule has 2 atom stereocenters. The fourth-order valence-electron chi connectivity index (χ4n) is 1.48. The maximum atomic E-state index is 10.8. The Morgan fingerprint density at radius 1 is 1.69 bits per heavy atom. The van der Waals surface area contributed by atoms with Gasteiger partial charge in [-0.15, -0.1) is 0 Å². The molecule has 0 amide bonds. The van der Waals surface area contributed by atoms with Crippen LogP contribution in [0.2, 0.25) is 0 Å². The van der Waals surface area contributed by atoms with Crippen LogP contribution < -0.4 is 0 Å². The third-order valence-electron chi connectivity index (χ3n) is 2.34. The van der Waals surface area contributed by atoms with Crippen LogP contribution in [-0.4, -0.2) is 11.1 Å². The van der Waals surface area contributed by atoms with Gasteiger partial charge in [-0.25, -0.2) is 0 Å². The van der Waals surface area contributed by atoms with E-state index < -0.39 is 11.9 Å². The smallest absolute Gasteiger partial charge is 0.306 e. The predicted molar refractivity (Wildman–Crippen MR) is 48.5 cm³/mol. The number of aliphatic carboxylic acids is 1. The Kier molecular flexibility index (Phi) is 3.12. The first-order valence-corrected chi connectivity index (χ1v) is 4.43. The molecule has 1 N–H and O–H groups in total. The summed E-state index contributed by atoms with van der Waals surface area (Å²) in [5.74, 6) is -0.427. The molecule has 13 heavy (non-hydrogen) atoms. The minimum atomic E-state index is -0.775. The summed E-state index contributed by atoms with van der Waals surface area (Å²) >= 11 is 0. The van der Waals surface area contributed by atoms with Crippen molar-refractivity contribution in [3.05, 3.63) is 24.2 Å². The lowest BCUT2D eigenvalue weighted by atomic mass is 9.89. The summed E-state index contributed by atoms with van der Waals surface area (Å²) in [5.41, 5.74) is 0. The van der Waals surface area contributed by atoms with Gasteiger partial charge in [0.05, 0.1) is 12.2 Å². The first-order valence-electron chi connectivity index (χ1n) is 4.43. The minimum Gasteiger partial charge on any atom is -0.481 e. The van der Waals surface area contributed by atoms with Crippen LogP contribution >= 0.6 is 0 Å². The van der Waals surface area contributed by atoms with Crippen LogP contribution in [-0.2, 0) is 4.79 Å². The summed E-state index contributed by atoms with van der Waals surface area (Å²) in [4.78, 5) is 10.8. The van der Waals surface area contributed by atoms with E-state index in [-0.39, 0.29) is 5.92 Å². The van der Waals surface area contributed by atoms with E-state index in [1.165, 1.54) is 0 Å². The van der Waals surface area contributed by atoms with Crippen molar-refractivity contribution in [3.63, 3.8) is 0 Å². The fraction of sp³-hybridized carbons (Fsp3) is 0.500. The van der Waals surface area contributed by atoms with Crippen LogP contribution in [0.4, 0.5) is 0 Å². The molecule has 1 heterocycles. The van der Waals surface area contributed by atoms with E-state index in [0.29, 0.717) is 0 Å². The Balaban J connectivity index is 2.79. The van der Waals surface area contributed by atoms with Crippen LogP contribution in [0, 0.1) is 5.92 Å². The second-order valence-electron chi connectivity index (χ2n) is 3.16. The first-order chi connectivity index (χ1) is 6.16. The van der Waals surface area contributed by atoms with Gasteiger partial charge in [-0.1, -0.05) is 13.8 Å². The molecule has 3 nitrogen and oxygen atoms in total. The van der Waals surface area contributed by atoms with E-state index in [0.717, 1.165) is 12.2 Å². The quantitative estimate of drug-likeness (QED) is 0.778. The summed E-state index contributed by atoms with van der Waals surface area (Å²) in [6.45, 7) is 3.67. The Hall–Kier alpha value is -1.25. The number of carboxylic acid groups (broad SMARTS) is 1. The predicted octanol–water partition coefficient (Wildman–Crippen LogP) is 2.49. The van der Waals surface area contributed by atoms with Crippen LogP contribution in [0.5, 0.6) is 0 Å². The van der Waals surface area contributed by atoms with Gasteiger partial charge in [0.25, 0.3) is 0 Å². The molecular weight excluding hydrogens is 168 g/mol. The standard InChI is InChI=1S/C10H14O3/c1-3-8(7(2)10(11)12)9-5-4-6-13-9/h4-8H,3H2,1-2H3,(H,11,12). The SMILES string of the molecule is CCC(c1ccco1)C(C)C(=O)O. The van der Waals surface area contributed by atoms with Gasteiger partial charge in [0.2, 0.25) is 0 Å². The van der Waals surface area contributed by atoms with Crippen LogP contribution in [0.1, 0.15) is 31.9 Å². The monoisotopic (exact) mass is 182 g/mol. The highest BCUT2D eigenvalue weighted by Crippen LogP contribution is 2.28. The lowest BCUT2D eigenvalue weighted by Crippen LogP contribution is -2.17. The van der Waals surface area contributed by atoms with Crippen molar-refractivity contribution in [2.45, 2.75) is 26.2 Å². The molecule has 0 bridgehead atoms. The van der Waals surface area contributed by atoms with Crippen LogP contribution in [0.15, 0.2) is 22.8 Å². The summed E-state index contributed by atoms with van der Waals surface area (Å²) < 4.78 is 5.19. The summed E-state index contributed by atoms with van der Waals surface area (Å²) in [5, 5.41) is 8.84. The molecule has 0 spiro atoms. The van der Waals surface area contributed by atoms with Gasteiger partial charge in [-0.2, -0.15) is 0 Å². The Morgan fingerprint density at radius 2 is 2.38 bits per heavy atom. The number of furan rings is 1. The van der Waals surface area contributed by atoms with E-state index in [1.807, 2.05) is 13.0 Å². The molecule has 3 heteroatoms. The summed E-state index contributed by atoms with van der Waals surface area (Å²) in [6, 6.07) is 3.61. The Bertz CT molecular complexity index is 264. The van der Waals surface area contributed by atoms with Gasteiger partial charge in [0.1, 0.15) is 5.76 Å². The van der Waals surface area contributed by atoms with E-state index in [9.17, 15) is 4.79 Å². The average Bonchev–Trinajstić information content (AvgIpc) is 2.58. The number of carbonyl (C=O) groups is 1. The number of hydrogen-bond donors (Lipinski definition) is 1. The van der Waals surface area contributed by atoms with Crippen molar-refractivity contribution in [1.82, 2.24) is 0 Å². The molecule has 1 rings (SSSR count). The van der Waals surface area contributed by atoms with Gasteiger partial charge in [0.15, 0.2) is 0 Å². The fourth-order valence-corrected chi connectivity index (χ4v) is 1.48. The highest BCUT2D eigenvalue weighted by atomic mass is 16.4. The molecule has 1 aromatic rings. The van der Waals surface area contributed by atoms with Gasteiger partial charge in [-0.05, 0) is 18.6 Å². The Morgan fingerprint density at radius 3 is 2.77 bits per heavy atom. The molecule has 1 aromatic heterocycles. The lowest BCUT2D eigenvalue weighted by Gasteiger charge is -2.16. The van der Waals surface area contributed by atoms with Crippen molar-refractivity contribution in [2.24, 2.45) is 5.92 Å². The van der Waals surface area contributed by atoms with E-state index in [4.69, 9.17) is 9.52 Å². The number of carboxylic acids is 1. The van der Waals surface area contributed by atoms with Gasteiger partial charge in [0, 0.05) is 5.92 Å². The molecule has 0 aliphatic heterocycles. The highest BCUT2D eigenvalue weighted by Gasteiger charge is 2.25. The second-order valence-corrected chi connectivity index (χ2v) is 3.16. The summed E-state index contributed by atoms with van der Waals surface area (Å²) in [6.07, 6.45) is 2.35. The number of rotatable bonds is 4. The first kappa shape index (κ1) is 9.84. The molecule has 0 saturated heterocycles. The molecule has 72 valence electrons. The normalized spacial score (nSPS) is 15.2. The average molecular weight is 182 g/mol. The van der Waals surface area contributed by atoms with E-state index in [2.05, 4.69) is 0 Å². The molecule has 0 saturated carbocycles. The zero-order chi connectivity index (χ0) is 9.84. The second kappa shape index (κ2) is 4.12. The molecule has 0 aromatic carbocycles. The zero-order valence-corrected chi connectivity index (χ0v) is 7.86. The maximum Gasteiger partial charge on any atom is 0.306 e. The molecule has 2 unspecified atom stereocenters. The van der Waals surface area contributed by atoms with Crippen molar-refractivity contribution >= 4 is 5.97 Å². The van der Waals surface area contributed by atoms with Crippen molar-refractivity contribution in [3.8, 4) is 0 Å². The minimum absolute atomic E-state index is 0.0208. The van der Waals surface area contributed by atoms with E-state index in [1.54, 1.807) is 19.3 Å². The molecule has 0 aliphatic carbocycles. The topological polar surface area (TPSA) is 50.4 Å². The largest absolute Gasteiger partial charge is 0.481 e. The van der Waals surface area contributed by atoms with E-state index >= 15 is 0 Å². The van der Waals surface area contributed by atoms with Crippen LogP contribution in [0.25, 0.3) is 0 Å². The lowest BCUT2D eigenvalue weighted by molar-refractivity contribution is -0.142. The highest BCUT2D eigenvalue weighted by molar-refractivity contribution is 5.70. The maximum absolute atomic E-state index is 10.8. The van der Waals surface area contributed by atoms with Crippen molar-refractivity contribution < 1.29 is 14.3 Å². The zero-order valence-electron chi connectivity index (χ0n) is 7.86. The summed E-state index contributed by atoms with van der Waals surface area (Å²) in [7, 11) is 0. The van der Waals surface area contributed by atoms with Crippen molar-refractivity contribution in [1.29, 1.82) is 0 Å². The third kappa shape index (κ3) is 2.11. The Labute approximate surface area is 77.4 Å². The molecule has 0 radical (unpaired) electrons.